The number of rotatable bonds is 1. The zero-order valence-corrected chi connectivity index (χ0v) is 18.3. The summed E-state index contributed by atoms with van der Waals surface area (Å²) in [5.41, 5.74) is 1.97. The highest BCUT2D eigenvalue weighted by Gasteiger charge is 2.60. The van der Waals surface area contributed by atoms with Crippen LogP contribution in [0.25, 0.3) is 0 Å². The van der Waals surface area contributed by atoms with E-state index in [9.17, 15) is 19.2 Å². The molecule has 0 radical (unpaired) electrons. The van der Waals surface area contributed by atoms with Gasteiger partial charge in [0, 0.05) is 5.56 Å². The van der Waals surface area contributed by atoms with E-state index in [-0.39, 0.29) is 0 Å². The number of carbonyl (C=O) groups is 4. The van der Waals surface area contributed by atoms with Gasteiger partial charge in [0.25, 0.3) is 0 Å². The van der Waals surface area contributed by atoms with Crippen molar-refractivity contribution in [3.63, 3.8) is 0 Å². The lowest BCUT2D eigenvalue weighted by Gasteiger charge is -2.57. The molecule has 1 fully saturated rings. The number of benzene rings is 1. The quantitative estimate of drug-likeness (QED) is 0.511. The fraction of sp³-hybridized carbons (Fsp3) is 0.500. The van der Waals surface area contributed by atoms with Gasteiger partial charge in [-0.1, -0.05) is 31.0 Å². The Morgan fingerprint density at radius 3 is 2.28 bits per heavy atom. The highest BCUT2D eigenvalue weighted by Crippen LogP contribution is 2.52. The fourth-order valence-corrected chi connectivity index (χ4v) is 4.55. The minimum atomic E-state index is -1.28. The summed E-state index contributed by atoms with van der Waals surface area (Å²) in [5, 5.41) is 3.25. The summed E-state index contributed by atoms with van der Waals surface area (Å²) in [6.45, 7) is 0. The molecule has 0 saturated heterocycles. The Bertz CT molecular complexity index is 909. The first-order chi connectivity index (χ1) is 15.4. The summed E-state index contributed by atoms with van der Waals surface area (Å²) in [6.07, 6.45) is -1.28. The number of hydrogen-bond donors (Lipinski definition) is 1. The molecule has 0 spiro atoms. The van der Waals surface area contributed by atoms with Crippen molar-refractivity contribution in [3.8, 4) is 0 Å². The first-order valence-electron chi connectivity index (χ1n) is 9.94. The summed E-state index contributed by atoms with van der Waals surface area (Å²) in [4.78, 5) is 50.9. The molecular formula is C20H26N4O8. The largest absolute Gasteiger partial charge is 0.452 e. The van der Waals surface area contributed by atoms with Crippen molar-refractivity contribution in [2.75, 3.05) is 33.4 Å². The van der Waals surface area contributed by atoms with E-state index in [2.05, 4.69) is 5.43 Å². The Morgan fingerprint density at radius 2 is 1.66 bits per heavy atom. The van der Waals surface area contributed by atoms with Gasteiger partial charge in [0.05, 0.1) is 40.2 Å². The molecule has 0 aromatic heterocycles. The molecule has 1 aliphatic heterocycles. The van der Waals surface area contributed by atoms with E-state index in [1.807, 2.05) is 0 Å². The van der Waals surface area contributed by atoms with Crippen molar-refractivity contribution in [2.45, 2.75) is 37.3 Å². The Labute approximate surface area is 184 Å². The zero-order valence-electron chi connectivity index (χ0n) is 18.3. The molecule has 4 amide bonds. The van der Waals surface area contributed by atoms with Crippen LogP contribution in [0.3, 0.4) is 0 Å². The Hall–Kier alpha value is -3.70. The lowest BCUT2D eigenvalue weighted by Crippen LogP contribution is -2.73. The van der Waals surface area contributed by atoms with Crippen molar-refractivity contribution in [1.29, 1.82) is 0 Å². The Balaban J connectivity index is 2.34. The predicted octanol–water partition coefficient (Wildman–Crippen LogP) is 2.73. The smallest absolute Gasteiger partial charge is 0.433 e. The van der Waals surface area contributed by atoms with Crippen molar-refractivity contribution in [2.24, 2.45) is 0 Å². The van der Waals surface area contributed by atoms with Gasteiger partial charge < -0.3 is 18.9 Å². The normalized spacial score (nSPS) is 21.4. The van der Waals surface area contributed by atoms with E-state index in [4.69, 9.17) is 18.9 Å². The molecule has 12 heteroatoms. The SMILES string of the molecule is COC(=O)NN(C(=O)OC)C12CCCCC1N(C(=O)OC)N(C(=O)OC)c1ccccc12. The second kappa shape index (κ2) is 9.20. The molecule has 12 nitrogen and oxygen atoms in total. The molecule has 2 aliphatic rings. The minimum absolute atomic E-state index is 0.295. The Morgan fingerprint density at radius 1 is 0.969 bits per heavy atom. The molecule has 3 rings (SSSR count). The molecule has 0 bridgehead atoms. The fourth-order valence-electron chi connectivity index (χ4n) is 4.55. The average molecular weight is 450 g/mol. The number of amides is 4. The lowest BCUT2D eigenvalue weighted by atomic mass is 9.70. The third kappa shape index (κ3) is 3.51. The van der Waals surface area contributed by atoms with Crippen LogP contribution in [0.1, 0.15) is 31.2 Å². The van der Waals surface area contributed by atoms with Crippen LogP contribution in [0.5, 0.6) is 0 Å². The number of anilines is 1. The van der Waals surface area contributed by atoms with Crippen molar-refractivity contribution < 1.29 is 38.1 Å². The van der Waals surface area contributed by atoms with Gasteiger partial charge in [-0.15, -0.1) is 0 Å². The maximum Gasteiger partial charge on any atom is 0.433 e. The third-order valence-corrected chi connectivity index (χ3v) is 5.80. The zero-order chi connectivity index (χ0) is 23.5. The molecule has 1 N–H and O–H groups in total. The van der Waals surface area contributed by atoms with Crippen LogP contribution in [0.2, 0.25) is 0 Å². The topological polar surface area (TPSA) is 127 Å². The van der Waals surface area contributed by atoms with Crippen molar-refractivity contribution in [3.05, 3.63) is 29.8 Å². The van der Waals surface area contributed by atoms with Crippen LogP contribution >= 0.6 is 0 Å². The third-order valence-electron chi connectivity index (χ3n) is 5.80. The number of fused-ring (bicyclic) bond motifs is 3. The molecule has 32 heavy (non-hydrogen) atoms. The Kier molecular flexibility index (Phi) is 6.61. The number of methoxy groups -OCH3 is 4. The molecule has 1 aromatic rings. The lowest BCUT2D eigenvalue weighted by molar-refractivity contribution is -0.0576. The predicted molar refractivity (Wildman–Crippen MR) is 109 cm³/mol. The maximum absolute atomic E-state index is 13.0. The van der Waals surface area contributed by atoms with E-state index in [0.29, 0.717) is 36.9 Å². The summed E-state index contributed by atoms with van der Waals surface area (Å²) >= 11 is 0. The minimum Gasteiger partial charge on any atom is -0.452 e. The summed E-state index contributed by atoms with van der Waals surface area (Å²) in [6, 6.07) is 5.96. The van der Waals surface area contributed by atoms with Gasteiger partial charge in [0.1, 0.15) is 5.54 Å². The monoisotopic (exact) mass is 450 g/mol. The molecule has 1 saturated carbocycles. The van der Waals surface area contributed by atoms with Crippen LogP contribution in [0.15, 0.2) is 24.3 Å². The van der Waals surface area contributed by atoms with Crippen LogP contribution in [0.4, 0.5) is 24.9 Å². The van der Waals surface area contributed by atoms with Gasteiger partial charge in [0.2, 0.25) is 0 Å². The van der Waals surface area contributed by atoms with Crippen LogP contribution in [-0.2, 0) is 24.5 Å². The number of nitrogens with zero attached hydrogens (tertiary/aromatic N) is 3. The van der Waals surface area contributed by atoms with E-state index in [0.717, 1.165) is 22.1 Å². The molecule has 2 unspecified atom stereocenters. The van der Waals surface area contributed by atoms with Gasteiger partial charge in [-0.3, -0.25) is 0 Å². The van der Waals surface area contributed by atoms with E-state index >= 15 is 0 Å². The van der Waals surface area contributed by atoms with Crippen molar-refractivity contribution in [1.82, 2.24) is 15.4 Å². The second-order valence-electron chi connectivity index (χ2n) is 7.21. The van der Waals surface area contributed by atoms with Gasteiger partial charge >= 0.3 is 24.4 Å². The molecule has 174 valence electrons. The summed E-state index contributed by atoms with van der Waals surface area (Å²) < 4.78 is 19.6. The molecule has 2 atom stereocenters. The first-order valence-corrected chi connectivity index (χ1v) is 9.94. The molecular weight excluding hydrogens is 424 g/mol. The van der Waals surface area contributed by atoms with E-state index in [1.54, 1.807) is 24.3 Å². The van der Waals surface area contributed by atoms with Crippen LogP contribution < -0.4 is 10.4 Å². The summed E-state index contributed by atoms with van der Waals surface area (Å²) in [5.74, 6) is 0. The standard InChI is InChI=1S/C20H26N4O8/c1-29-16(25)21-24(19(28)32-4)20-12-8-7-11-15(20)23(18(27)31-3)22(17(26)30-2)14-10-6-5-9-13(14)20/h5-6,9-10,15H,7-8,11-12H2,1-4H3,(H,21,25). The van der Waals surface area contributed by atoms with Gasteiger partial charge in [-0.05, 0) is 18.9 Å². The van der Waals surface area contributed by atoms with E-state index < -0.39 is 36.0 Å². The average Bonchev–Trinajstić information content (AvgIpc) is 2.84. The highest BCUT2D eigenvalue weighted by atomic mass is 16.6. The number of ether oxygens (including phenoxy) is 4. The highest BCUT2D eigenvalue weighted by molar-refractivity contribution is 5.93. The first kappa shape index (κ1) is 23.0. The number of nitrogens with one attached hydrogen (secondary N) is 1. The maximum atomic E-state index is 13.0. The van der Waals surface area contributed by atoms with Crippen LogP contribution in [-0.4, -0.2) is 68.9 Å². The summed E-state index contributed by atoms with van der Waals surface area (Å²) in [7, 11) is 4.72. The van der Waals surface area contributed by atoms with Gasteiger partial charge in [-0.2, -0.15) is 5.01 Å². The number of carbonyl (C=O) groups excluding carboxylic acids is 4. The van der Waals surface area contributed by atoms with Gasteiger partial charge in [-0.25, -0.2) is 34.6 Å². The van der Waals surface area contributed by atoms with Crippen molar-refractivity contribution >= 4 is 30.1 Å². The van der Waals surface area contributed by atoms with E-state index in [1.165, 1.54) is 21.3 Å². The van der Waals surface area contributed by atoms with Gasteiger partial charge in [0.15, 0.2) is 0 Å². The molecule has 1 aliphatic carbocycles. The van der Waals surface area contributed by atoms with Crippen LogP contribution in [0, 0.1) is 0 Å². The number of hydrogen-bond acceptors (Lipinski definition) is 8. The number of para-hydroxylation sites is 1. The molecule has 1 aromatic carbocycles. The second-order valence-corrected chi connectivity index (χ2v) is 7.21. The molecule has 1 heterocycles. The number of hydrazine groups is 2.